The van der Waals surface area contributed by atoms with Crippen LogP contribution in [-0.4, -0.2) is 23.1 Å². The van der Waals surface area contributed by atoms with Crippen LogP contribution in [0.5, 0.6) is 0 Å². The minimum absolute atomic E-state index is 0.0340. The van der Waals surface area contributed by atoms with E-state index in [2.05, 4.69) is 36.6 Å². The Morgan fingerprint density at radius 2 is 2.00 bits per heavy atom. The minimum Gasteiger partial charge on any atom is -0.361 e. The summed E-state index contributed by atoms with van der Waals surface area (Å²) in [4.78, 5) is 11.6. The molecule has 0 aromatic carbocycles. The molecule has 1 heterocycles. The number of amides is 1. The van der Waals surface area contributed by atoms with Gasteiger partial charge in [0.2, 0.25) is 5.91 Å². The molecule has 0 unspecified atom stereocenters. The molecule has 5 heteroatoms. The van der Waals surface area contributed by atoms with Gasteiger partial charge in [0.25, 0.3) is 0 Å². The average Bonchev–Trinajstić information content (AvgIpc) is 2.54. The molecule has 0 aliphatic rings. The van der Waals surface area contributed by atoms with Crippen molar-refractivity contribution in [1.29, 1.82) is 0 Å². The second-order valence-electron chi connectivity index (χ2n) is 5.51. The van der Waals surface area contributed by atoms with Crippen LogP contribution in [0.25, 0.3) is 0 Å². The number of carbonyl (C=O) groups excluding carboxylic acids is 1. The first-order valence-corrected chi connectivity index (χ1v) is 6.23. The molecule has 5 nitrogen and oxygen atoms in total. The zero-order valence-electron chi connectivity index (χ0n) is 11.9. The summed E-state index contributed by atoms with van der Waals surface area (Å²) < 4.78 is 5.04. The first kappa shape index (κ1) is 14.7. The van der Waals surface area contributed by atoms with E-state index in [1.54, 1.807) is 0 Å². The summed E-state index contributed by atoms with van der Waals surface area (Å²) in [6.07, 6.45) is 0.473. The number of carbonyl (C=O) groups is 1. The molecule has 0 fully saturated rings. The van der Waals surface area contributed by atoms with Gasteiger partial charge in [0, 0.05) is 30.6 Å². The van der Waals surface area contributed by atoms with Crippen molar-refractivity contribution in [2.24, 2.45) is 0 Å². The van der Waals surface area contributed by atoms with Crippen molar-refractivity contribution in [2.75, 3.05) is 6.54 Å². The fraction of sp³-hybridized carbons (Fsp3) is 0.692. The first-order chi connectivity index (χ1) is 8.29. The highest BCUT2D eigenvalue weighted by molar-refractivity contribution is 5.76. The Morgan fingerprint density at radius 3 is 2.50 bits per heavy atom. The van der Waals surface area contributed by atoms with Crippen LogP contribution in [0.3, 0.4) is 0 Å². The molecular weight excluding hydrogens is 230 g/mol. The first-order valence-electron chi connectivity index (χ1n) is 6.23. The Kier molecular flexibility index (Phi) is 4.90. The van der Waals surface area contributed by atoms with Crippen LogP contribution in [0, 0.1) is 13.8 Å². The van der Waals surface area contributed by atoms with Gasteiger partial charge in [0.1, 0.15) is 5.76 Å². The lowest BCUT2D eigenvalue weighted by molar-refractivity contribution is -0.121. The highest BCUT2D eigenvalue weighted by Crippen LogP contribution is 2.11. The summed E-state index contributed by atoms with van der Waals surface area (Å²) in [5.41, 5.74) is 1.84. The van der Waals surface area contributed by atoms with Crippen molar-refractivity contribution in [3.05, 3.63) is 17.0 Å². The largest absolute Gasteiger partial charge is 0.361 e. The van der Waals surface area contributed by atoms with E-state index in [1.165, 1.54) is 0 Å². The Balaban J connectivity index is 2.30. The molecule has 1 aromatic rings. The molecule has 18 heavy (non-hydrogen) atoms. The SMILES string of the molecule is Cc1noc(C)c1CNC(=O)CCNC(C)(C)C. The molecule has 102 valence electrons. The number of hydrogen-bond acceptors (Lipinski definition) is 4. The van der Waals surface area contributed by atoms with E-state index in [-0.39, 0.29) is 11.4 Å². The molecule has 2 N–H and O–H groups in total. The Morgan fingerprint density at radius 1 is 1.33 bits per heavy atom. The molecule has 0 aliphatic carbocycles. The molecule has 0 saturated heterocycles. The van der Waals surface area contributed by atoms with Crippen molar-refractivity contribution < 1.29 is 9.32 Å². The van der Waals surface area contributed by atoms with Gasteiger partial charge >= 0.3 is 0 Å². The third kappa shape index (κ3) is 4.87. The number of nitrogens with zero attached hydrogens (tertiary/aromatic N) is 1. The van der Waals surface area contributed by atoms with E-state index in [9.17, 15) is 4.79 Å². The normalized spacial score (nSPS) is 11.6. The van der Waals surface area contributed by atoms with Crippen molar-refractivity contribution in [2.45, 2.75) is 53.1 Å². The monoisotopic (exact) mass is 253 g/mol. The predicted molar refractivity (Wildman–Crippen MR) is 70.2 cm³/mol. The smallest absolute Gasteiger partial charge is 0.221 e. The Hall–Kier alpha value is -1.36. The average molecular weight is 253 g/mol. The highest BCUT2D eigenvalue weighted by atomic mass is 16.5. The Bertz CT molecular complexity index is 385. The van der Waals surface area contributed by atoms with E-state index in [0.29, 0.717) is 19.5 Å². The summed E-state index contributed by atoms with van der Waals surface area (Å²) in [7, 11) is 0. The molecular formula is C13H23N3O2. The molecule has 1 aromatic heterocycles. The van der Waals surface area contributed by atoms with Gasteiger partial charge in [0.15, 0.2) is 0 Å². The van der Waals surface area contributed by atoms with E-state index < -0.39 is 0 Å². The highest BCUT2D eigenvalue weighted by Gasteiger charge is 2.12. The van der Waals surface area contributed by atoms with Crippen molar-refractivity contribution >= 4 is 5.91 Å². The quantitative estimate of drug-likeness (QED) is 0.838. The molecule has 0 atom stereocenters. The van der Waals surface area contributed by atoms with Crippen molar-refractivity contribution in [3.8, 4) is 0 Å². The van der Waals surface area contributed by atoms with Gasteiger partial charge in [-0.25, -0.2) is 0 Å². The number of aryl methyl sites for hydroxylation is 2. The second kappa shape index (κ2) is 6.00. The van der Waals surface area contributed by atoms with Crippen LogP contribution in [0.15, 0.2) is 4.52 Å². The zero-order valence-corrected chi connectivity index (χ0v) is 11.9. The van der Waals surface area contributed by atoms with Gasteiger partial charge in [-0.05, 0) is 34.6 Å². The zero-order chi connectivity index (χ0) is 13.8. The standard InChI is InChI=1S/C13H23N3O2/c1-9-11(10(2)18-16-9)8-14-12(17)6-7-15-13(3,4)5/h15H,6-8H2,1-5H3,(H,14,17). The summed E-state index contributed by atoms with van der Waals surface area (Å²) in [6.45, 7) is 11.1. The number of aromatic nitrogens is 1. The van der Waals surface area contributed by atoms with Gasteiger partial charge in [-0.3, -0.25) is 4.79 Å². The van der Waals surface area contributed by atoms with Crippen molar-refractivity contribution in [1.82, 2.24) is 15.8 Å². The molecule has 0 radical (unpaired) electrons. The maximum Gasteiger partial charge on any atom is 0.221 e. The summed E-state index contributed by atoms with van der Waals surface area (Å²) in [5.74, 6) is 0.798. The lowest BCUT2D eigenvalue weighted by atomic mass is 10.1. The fourth-order valence-corrected chi connectivity index (χ4v) is 1.58. The van der Waals surface area contributed by atoms with Gasteiger partial charge in [0.05, 0.1) is 5.69 Å². The second-order valence-corrected chi connectivity index (χ2v) is 5.51. The molecule has 0 spiro atoms. The topological polar surface area (TPSA) is 67.2 Å². The van der Waals surface area contributed by atoms with Crippen LogP contribution in [-0.2, 0) is 11.3 Å². The third-order valence-corrected chi connectivity index (χ3v) is 2.65. The van der Waals surface area contributed by atoms with E-state index >= 15 is 0 Å². The van der Waals surface area contributed by atoms with Crippen LogP contribution < -0.4 is 10.6 Å². The molecule has 1 amide bonds. The van der Waals surface area contributed by atoms with Gasteiger partial charge in [-0.2, -0.15) is 0 Å². The predicted octanol–water partition coefficient (Wildman–Crippen LogP) is 1.69. The fourth-order valence-electron chi connectivity index (χ4n) is 1.58. The van der Waals surface area contributed by atoms with Crippen molar-refractivity contribution in [3.63, 3.8) is 0 Å². The summed E-state index contributed by atoms with van der Waals surface area (Å²) in [5, 5.41) is 10.0. The van der Waals surface area contributed by atoms with E-state index in [1.807, 2.05) is 13.8 Å². The van der Waals surface area contributed by atoms with Crippen LogP contribution >= 0.6 is 0 Å². The Labute approximate surface area is 108 Å². The number of nitrogens with one attached hydrogen (secondary N) is 2. The van der Waals surface area contributed by atoms with Crippen LogP contribution in [0.1, 0.15) is 44.2 Å². The number of hydrogen-bond donors (Lipinski definition) is 2. The van der Waals surface area contributed by atoms with Gasteiger partial charge < -0.3 is 15.2 Å². The maximum atomic E-state index is 11.6. The molecule has 1 rings (SSSR count). The lowest BCUT2D eigenvalue weighted by Gasteiger charge is -2.20. The summed E-state index contributed by atoms with van der Waals surface area (Å²) in [6, 6.07) is 0. The molecule has 0 bridgehead atoms. The van der Waals surface area contributed by atoms with E-state index in [4.69, 9.17) is 4.52 Å². The van der Waals surface area contributed by atoms with Crippen LogP contribution in [0.2, 0.25) is 0 Å². The lowest BCUT2D eigenvalue weighted by Crippen LogP contribution is -2.38. The van der Waals surface area contributed by atoms with E-state index in [0.717, 1.165) is 17.0 Å². The minimum atomic E-state index is 0.0340. The molecule has 0 aliphatic heterocycles. The maximum absolute atomic E-state index is 11.6. The van der Waals surface area contributed by atoms with Crippen LogP contribution in [0.4, 0.5) is 0 Å². The van der Waals surface area contributed by atoms with Gasteiger partial charge in [-0.1, -0.05) is 5.16 Å². The third-order valence-electron chi connectivity index (χ3n) is 2.65. The van der Waals surface area contributed by atoms with Gasteiger partial charge in [-0.15, -0.1) is 0 Å². The number of rotatable bonds is 5. The summed E-state index contributed by atoms with van der Waals surface area (Å²) >= 11 is 0. The molecule has 0 saturated carbocycles.